The number of nitrogens with two attached hydrogens (primary N) is 1. The van der Waals surface area contributed by atoms with Gasteiger partial charge in [0.2, 0.25) is 5.82 Å². The minimum absolute atomic E-state index is 0.0161. The van der Waals surface area contributed by atoms with E-state index >= 15 is 0 Å². The molecule has 3 N–H and O–H groups in total. The Morgan fingerprint density at radius 3 is 2.85 bits per heavy atom. The van der Waals surface area contributed by atoms with Gasteiger partial charge in [-0.15, -0.1) is 0 Å². The van der Waals surface area contributed by atoms with Crippen LogP contribution in [0.3, 0.4) is 0 Å². The Morgan fingerprint density at radius 2 is 2.15 bits per heavy atom. The smallest absolute Gasteiger partial charge is 0.286 e. The second kappa shape index (κ2) is 7.33. The predicted octanol–water partition coefficient (Wildman–Crippen LogP) is 1.66. The number of amides is 1. The summed E-state index contributed by atoms with van der Waals surface area (Å²) in [5, 5.41) is 3.51. The molecule has 0 bridgehead atoms. The molecule has 1 aliphatic rings. The normalized spacial score (nSPS) is 18.2. The number of nitrogens with zero attached hydrogens (tertiary/aromatic N) is 4. The predicted molar refractivity (Wildman–Crippen MR) is 96.4 cm³/mol. The molecular formula is C18H23FN6O. The van der Waals surface area contributed by atoms with Crippen LogP contribution in [0.15, 0.2) is 18.5 Å². The highest BCUT2D eigenvalue weighted by molar-refractivity contribution is 5.89. The zero-order chi connectivity index (χ0) is 18.8. The van der Waals surface area contributed by atoms with E-state index in [4.69, 9.17) is 5.73 Å². The van der Waals surface area contributed by atoms with Gasteiger partial charge in [-0.2, -0.15) is 0 Å². The van der Waals surface area contributed by atoms with Gasteiger partial charge in [-0.3, -0.25) is 9.78 Å². The Kier molecular flexibility index (Phi) is 5.13. The lowest BCUT2D eigenvalue weighted by Crippen LogP contribution is -2.35. The third kappa shape index (κ3) is 3.80. The van der Waals surface area contributed by atoms with Gasteiger partial charge in [0.15, 0.2) is 0 Å². The molecule has 0 aliphatic carbocycles. The zero-order valence-corrected chi connectivity index (χ0v) is 15.2. The van der Waals surface area contributed by atoms with Gasteiger partial charge in [-0.1, -0.05) is 0 Å². The number of pyridine rings is 1. The Morgan fingerprint density at radius 1 is 1.38 bits per heavy atom. The number of carbonyl (C=O) groups is 1. The monoisotopic (exact) mass is 358 g/mol. The van der Waals surface area contributed by atoms with Crippen LogP contribution in [0.4, 0.5) is 10.2 Å². The molecule has 3 heterocycles. The van der Waals surface area contributed by atoms with E-state index in [0.29, 0.717) is 0 Å². The number of anilines is 1. The molecule has 2 aromatic heterocycles. The van der Waals surface area contributed by atoms with Crippen LogP contribution in [-0.4, -0.2) is 40.0 Å². The van der Waals surface area contributed by atoms with E-state index < -0.39 is 5.91 Å². The number of hydrogen-bond acceptors (Lipinski definition) is 6. The fourth-order valence-electron chi connectivity index (χ4n) is 3.24. The second-order valence-electron chi connectivity index (χ2n) is 6.70. The fourth-order valence-corrected chi connectivity index (χ4v) is 3.24. The fraction of sp³-hybridized carbons (Fsp3) is 0.444. The summed E-state index contributed by atoms with van der Waals surface area (Å²) in [6.07, 6.45) is 3.79. The summed E-state index contributed by atoms with van der Waals surface area (Å²) in [5.74, 6) is -0.180. The lowest BCUT2D eigenvalue weighted by molar-refractivity contribution is 0.0990. The molecule has 8 heteroatoms. The van der Waals surface area contributed by atoms with Crippen molar-refractivity contribution in [2.75, 3.05) is 18.0 Å². The molecule has 26 heavy (non-hydrogen) atoms. The molecule has 2 atom stereocenters. The number of halogens is 1. The second-order valence-corrected chi connectivity index (χ2v) is 6.70. The molecule has 1 unspecified atom stereocenters. The average molecular weight is 358 g/mol. The van der Waals surface area contributed by atoms with Gasteiger partial charge in [-0.05, 0) is 38.8 Å². The largest absolute Gasteiger partial charge is 0.363 e. The van der Waals surface area contributed by atoms with E-state index in [1.54, 1.807) is 6.20 Å². The standard InChI is InChI=1S/C18H23FN6O/c1-10-11(2)23-17(16(20)26)24-18(10)25-5-4-15(9-25)22-12(3)13-6-14(19)8-21-7-13/h6-8,12,15,22H,4-5,9H2,1-3H3,(H2,20,26)/t12?,15-/m1/s1. The van der Waals surface area contributed by atoms with Gasteiger partial charge in [0.1, 0.15) is 11.6 Å². The average Bonchev–Trinajstić information content (AvgIpc) is 3.05. The first-order valence-corrected chi connectivity index (χ1v) is 8.61. The molecule has 3 rings (SSSR count). The van der Waals surface area contributed by atoms with Crippen molar-refractivity contribution >= 4 is 11.7 Å². The molecule has 2 aromatic rings. The molecule has 1 fully saturated rings. The SMILES string of the molecule is Cc1nc(C(N)=O)nc(N2CC[C@@H](NC(C)c3cncc(F)c3)C2)c1C. The van der Waals surface area contributed by atoms with Crippen LogP contribution in [0.2, 0.25) is 0 Å². The van der Waals surface area contributed by atoms with Crippen LogP contribution in [0.5, 0.6) is 0 Å². The molecule has 1 saturated heterocycles. The Balaban J connectivity index is 1.72. The van der Waals surface area contributed by atoms with Crippen LogP contribution in [0.1, 0.15) is 46.8 Å². The van der Waals surface area contributed by atoms with Crippen molar-refractivity contribution in [1.29, 1.82) is 0 Å². The summed E-state index contributed by atoms with van der Waals surface area (Å²) in [6, 6.07) is 1.70. The van der Waals surface area contributed by atoms with Gasteiger partial charge < -0.3 is 16.0 Å². The van der Waals surface area contributed by atoms with Crippen molar-refractivity contribution in [1.82, 2.24) is 20.3 Å². The summed E-state index contributed by atoms with van der Waals surface area (Å²) >= 11 is 0. The van der Waals surface area contributed by atoms with Gasteiger partial charge >= 0.3 is 0 Å². The highest BCUT2D eigenvalue weighted by Gasteiger charge is 2.27. The van der Waals surface area contributed by atoms with Gasteiger partial charge in [0, 0.05) is 42.6 Å². The molecule has 1 aliphatic heterocycles. The maximum Gasteiger partial charge on any atom is 0.286 e. The third-order valence-electron chi connectivity index (χ3n) is 4.78. The van der Waals surface area contributed by atoms with Crippen LogP contribution in [0, 0.1) is 19.7 Å². The summed E-state index contributed by atoms with van der Waals surface area (Å²) in [5.41, 5.74) is 7.84. The van der Waals surface area contributed by atoms with Gasteiger partial charge in [-0.25, -0.2) is 14.4 Å². The molecule has 1 amide bonds. The van der Waals surface area contributed by atoms with Crippen molar-refractivity contribution < 1.29 is 9.18 Å². The highest BCUT2D eigenvalue weighted by atomic mass is 19.1. The molecule has 7 nitrogen and oxygen atoms in total. The van der Waals surface area contributed by atoms with Crippen LogP contribution in [0.25, 0.3) is 0 Å². The molecule has 138 valence electrons. The van der Waals surface area contributed by atoms with Crippen molar-refractivity contribution in [3.05, 3.63) is 46.9 Å². The number of aryl methyl sites for hydroxylation is 1. The Labute approximate surface area is 151 Å². The number of rotatable bonds is 5. The summed E-state index contributed by atoms with van der Waals surface area (Å²) in [4.78, 5) is 26.0. The maximum atomic E-state index is 13.4. The lowest BCUT2D eigenvalue weighted by Gasteiger charge is -2.23. The maximum absolute atomic E-state index is 13.4. The molecule has 0 saturated carbocycles. The van der Waals surface area contributed by atoms with E-state index in [9.17, 15) is 9.18 Å². The summed E-state index contributed by atoms with van der Waals surface area (Å²) in [6.45, 7) is 7.32. The lowest BCUT2D eigenvalue weighted by atomic mass is 10.1. The molecule has 0 spiro atoms. The van der Waals surface area contributed by atoms with E-state index in [1.165, 1.54) is 12.3 Å². The molecule has 0 radical (unpaired) electrons. The van der Waals surface area contributed by atoms with Crippen LogP contribution < -0.4 is 16.0 Å². The van der Waals surface area contributed by atoms with Crippen molar-refractivity contribution in [2.45, 2.75) is 39.3 Å². The van der Waals surface area contributed by atoms with E-state index in [2.05, 4.69) is 25.2 Å². The minimum Gasteiger partial charge on any atom is -0.363 e. The first-order valence-electron chi connectivity index (χ1n) is 8.61. The van der Waals surface area contributed by atoms with Gasteiger partial charge in [0.05, 0.1) is 6.20 Å². The van der Waals surface area contributed by atoms with Crippen LogP contribution in [-0.2, 0) is 0 Å². The van der Waals surface area contributed by atoms with E-state index in [0.717, 1.165) is 42.1 Å². The van der Waals surface area contributed by atoms with Crippen molar-refractivity contribution in [2.24, 2.45) is 5.73 Å². The quantitative estimate of drug-likeness (QED) is 0.844. The van der Waals surface area contributed by atoms with E-state index in [1.807, 2.05) is 20.8 Å². The Bertz CT molecular complexity index is 827. The first-order chi connectivity index (χ1) is 12.3. The van der Waals surface area contributed by atoms with E-state index in [-0.39, 0.29) is 23.7 Å². The minimum atomic E-state index is -0.629. The molecular weight excluding hydrogens is 335 g/mol. The number of primary amides is 1. The van der Waals surface area contributed by atoms with Crippen molar-refractivity contribution in [3.63, 3.8) is 0 Å². The summed E-state index contributed by atoms with van der Waals surface area (Å²) in [7, 11) is 0. The third-order valence-corrected chi connectivity index (χ3v) is 4.78. The topological polar surface area (TPSA) is 97.0 Å². The van der Waals surface area contributed by atoms with Gasteiger partial charge in [0.25, 0.3) is 5.91 Å². The van der Waals surface area contributed by atoms with Crippen LogP contribution >= 0.6 is 0 Å². The number of hydrogen-bond donors (Lipinski definition) is 2. The zero-order valence-electron chi connectivity index (χ0n) is 15.2. The number of nitrogens with one attached hydrogen (secondary N) is 1. The number of aromatic nitrogens is 3. The highest BCUT2D eigenvalue weighted by Crippen LogP contribution is 2.25. The van der Waals surface area contributed by atoms with Crippen molar-refractivity contribution in [3.8, 4) is 0 Å². The Hall–Kier alpha value is -2.61. The number of carbonyl (C=O) groups excluding carboxylic acids is 1. The summed E-state index contributed by atoms with van der Waals surface area (Å²) < 4.78 is 13.4. The first kappa shape index (κ1) is 18.2. The molecule has 0 aromatic carbocycles.